The van der Waals surface area contributed by atoms with Crippen LogP contribution in [0.5, 0.6) is 0 Å². The van der Waals surface area contributed by atoms with Crippen molar-refractivity contribution in [2.75, 3.05) is 0 Å². The molecule has 0 aliphatic carbocycles. The van der Waals surface area contributed by atoms with Crippen LogP contribution in [0, 0.1) is 0 Å². The first-order valence-corrected chi connectivity index (χ1v) is 6.09. The van der Waals surface area contributed by atoms with Gasteiger partial charge in [-0.15, -0.1) is 11.3 Å². The molecule has 15 heavy (non-hydrogen) atoms. The van der Waals surface area contributed by atoms with Crippen molar-refractivity contribution >= 4 is 27.3 Å². The van der Waals surface area contributed by atoms with Crippen LogP contribution in [0.2, 0.25) is 0 Å². The fourth-order valence-electron chi connectivity index (χ4n) is 1.25. The van der Waals surface area contributed by atoms with Gasteiger partial charge in [-0.1, -0.05) is 0 Å². The molecule has 0 aliphatic rings. The number of aliphatic hydroxyl groups excluding tert-OH is 1. The standard InChI is InChI=1S/C10H9BrN2OS/c11-8-1-9(15-5-8)2-10(14)7-3-12-6-13-4-7/h1,3-6,10,14H,2H2. The molecule has 0 aliphatic heterocycles. The summed E-state index contributed by atoms with van der Waals surface area (Å²) in [5.74, 6) is 0. The molecular formula is C10H9BrN2OS. The van der Waals surface area contributed by atoms with E-state index in [0.29, 0.717) is 6.42 Å². The summed E-state index contributed by atoms with van der Waals surface area (Å²) in [4.78, 5) is 8.89. The van der Waals surface area contributed by atoms with Gasteiger partial charge in [0.05, 0.1) is 6.10 Å². The summed E-state index contributed by atoms with van der Waals surface area (Å²) in [6.07, 6.45) is 4.80. The largest absolute Gasteiger partial charge is 0.388 e. The Kier molecular flexibility index (Phi) is 3.45. The zero-order valence-corrected chi connectivity index (χ0v) is 10.2. The maximum Gasteiger partial charge on any atom is 0.115 e. The summed E-state index contributed by atoms with van der Waals surface area (Å²) in [5, 5.41) is 11.9. The molecule has 0 saturated carbocycles. The number of thiophene rings is 1. The Morgan fingerprint density at radius 2 is 2.13 bits per heavy atom. The van der Waals surface area contributed by atoms with E-state index in [0.717, 1.165) is 14.9 Å². The molecule has 0 radical (unpaired) electrons. The van der Waals surface area contributed by atoms with Crippen LogP contribution in [0.15, 0.2) is 34.6 Å². The smallest absolute Gasteiger partial charge is 0.115 e. The number of nitrogens with zero attached hydrogens (tertiary/aromatic N) is 2. The van der Waals surface area contributed by atoms with Gasteiger partial charge in [-0.3, -0.25) is 0 Å². The second kappa shape index (κ2) is 4.83. The van der Waals surface area contributed by atoms with Crippen LogP contribution < -0.4 is 0 Å². The second-order valence-electron chi connectivity index (χ2n) is 3.12. The Labute approximate surface area is 100.0 Å². The van der Waals surface area contributed by atoms with Gasteiger partial charge in [0.25, 0.3) is 0 Å². The fourth-order valence-corrected chi connectivity index (χ4v) is 2.74. The van der Waals surface area contributed by atoms with Gasteiger partial charge in [-0.25, -0.2) is 9.97 Å². The summed E-state index contributed by atoms with van der Waals surface area (Å²) in [6.45, 7) is 0. The second-order valence-corrected chi connectivity index (χ2v) is 5.03. The lowest BCUT2D eigenvalue weighted by molar-refractivity contribution is 0.178. The van der Waals surface area contributed by atoms with E-state index in [1.165, 1.54) is 6.33 Å². The van der Waals surface area contributed by atoms with E-state index in [2.05, 4.69) is 25.9 Å². The summed E-state index contributed by atoms with van der Waals surface area (Å²) in [6, 6.07) is 2.01. The molecule has 0 aromatic carbocycles. The van der Waals surface area contributed by atoms with Crippen molar-refractivity contribution in [2.24, 2.45) is 0 Å². The first-order valence-electron chi connectivity index (χ1n) is 4.41. The van der Waals surface area contributed by atoms with Crippen molar-refractivity contribution in [3.63, 3.8) is 0 Å². The molecular weight excluding hydrogens is 276 g/mol. The average Bonchev–Trinajstić information content (AvgIpc) is 2.65. The van der Waals surface area contributed by atoms with Crippen LogP contribution in [-0.2, 0) is 6.42 Å². The van der Waals surface area contributed by atoms with E-state index in [1.807, 2.05) is 11.4 Å². The van der Waals surface area contributed by atoms with Gasteiger partial charge < -0.3 is 5.11 Å². The molecule has 0 fully saturated rings. The molecule has 0 bridgehead atoms. The van der Waals surface area contributed by atoms with E-state index in [1.54, 1.807) is 23.7 Å². The van der Waals surface area contributed by atoms with Crippen LogP contribution in [0.25, 0.3) is 0 Å². The Morgan fingerprint density at radius 3 is 2.73 bits per heavy atom. The van der Waals surface area contributed by atoms with Crippen molar-refractivity contribution in [3.8, 4) is 0 Å². The minimum Gasteiger partial charge on any atom is -0.388 e. The SMILES string of the molecule is OC(Cc1cc(Br)cs1)c1cncnc1. The molecule has 5 heteroatoms. The molecule has 78 valence electrons. The zero-order chi connectivity index (χ0) is 10.7. The molecule has 2 rings (SSSR count). The molecule has 1 atom stereocenters. The Bertz CT molecular complexity index is 432. The van der Waals surface area contributed by atoms with Gasteiger partial charge in [0.2, 0.25) is 0 Å². The molecule has 2 aromatic rings. The monoisotopic (exact) mass is 284 g/mol. The van der Waals surface area contributed by atoms with E-state index < -0.39 is 6.10 Å². The van der Waals surface area contributed by atoms with Gasteiger partial charge in [0.15, 0.2) is 0 Å². The van der Waals surface area contributed by atoms with Crippen LogP contribution >= 0.6 is 27.3 Å². The van der Waals surface area contributed by atoms with E-state index >= 15 is 0 Å². The number of halogens is 1. The van der Waals surface area contributed by atoms with Gasteiger partial charge >= 0.3 is 0 Å². The van der Waals surface area contributed by atoms with Gasteiger partial charge in [0, 0.05) is 39.1 Å². The number of rotatable bonds is 3. The normalized spacial score (nSPS) is 12.7. The summed E-state index contributed by atoms with van der Waals surface area (Å²) in [5.41, 5.74) is 0.752. The first kappa shape index (κ1) is 10.7. The quantitative estimate of drug-likeness (QED) is 0.942. The molecule has 1 N–H and O–H groups in total. The molecule has 1 unspecified atom stereocenters. The maximum atomic E-state index is 9.89. The molecule has 3 nitrogen and oxygen atoms in total. The Balaban J connectivity index is 2.07. The van der Waals surface area contributed by atoms with Gasteiger partial charge in [0.1, 0.15) is 6.33 Å². The molecule has 0 spiro atoms. The average molecular weight is 285 g/mol. The highest BCUT2D eigenvalue weighted by molar-refractivity contribution is 9.10. The summed E-state index contributed by atoms with van der Waals surface area (Å²) < 4.78 is 1.05. The number of aromatic nitrogens is 2. The predicted molar refractivity (Wildman–Crippen MR) is 62.7 cm³/mol. The number of hydrogen-bond acceptors (Lipinski definition) is 4. The zero-order valence-electron chi connectivity index (χ0n) is 7.80. The van der Waals surface area contributed by atoms with Crippen molar-refractivity contribution in [3.05, 3.63) is 45.1 Å². The van der Waals surface area contributed by atoms with Crippen molar-refractivity contribution in [1.29, 1.82) is 0 Å². The van der Waals surface area contributed by atoms with E-state index in [9.17, 15) is 5.11 Å². The molecule has 0 saturated heterocycles. The Morgan fingerprint density at radius 1 is 1.40 bits per heavy atom. The summed E-state index contributed by atoms with van der Waals surface area (Å²) >= 11 is 5.01. The topological polar surface area (TPSA) is 46.0 Å². The van der Waals surface area contributed by atoms with Crippen molar-refractivity contribution in [2.45, 2.75) is 12.5 Å². The minimum atomic E-state index is -0.531. The van der Waals surface area contributed by atoms with E-state index in [-0.39, 0.29) is 0 Å². The third-order valence-corrected chi connectivity index (χ3v) is 3.70. The van der Waals surface area contributed by atoms with Crippen LogP contribution in [0.4, 0.5) is 0 Å². The van der Waals surface area contributed by atoms with Gasteiger partial charge in [-0.05, 0) is 22.0 Å². The lowest BCUT2D eigenvalue weighted by Crippen LogP contribution is -2.01. The third-order valence-electron chi connectivity index (χ3n) is 1.98. The predicted octanol–water partition coefficient (Wildman–Crippen LogP) is 2.58. The van der Waals surface area contributed by atoms with Crippen molar-refractivity contribution in [1.82, 2.24) is 9.97 Å². The highest BCUT2D eigenvalue weighted by Crippen LogP contribution is 2.24. The first-order chi connectivity index (χ1) is 7.25. The fraction of sp³-hybridized carbons (Fsp3) is 0.200. The maximum absolute atomic E-state index is 9.89. The van der Waals surface area contributed by atoms with Gasteiger partial charge in [-0.2, -0.15) is 0 Å². The minimum absolute atomic E-state index is 0.531. The molecule has 0 amide bonds. The van der Waals surface area contributed by atoms with Crippen LogP contribution in [0.3, 0.4) is 0 Å². The highest BCUT2D eigenvalue weighted by Gasteiger charge is 2.10. The molecule has 2 aromatic heterocycles. The van der Waals surface area contributed by atoms with Crippen LogP contribution in [0.1, 0.15) is 16.5 Å². The number of hydrogen-bond donors (Lipinski definition) is 1. The van der Waals surface area contributed by atoms with Crippen LogP contribution in [-0.4, -0.2) is 15.1 Å². The third kappa shape index (κ3) is 2.84. The van der Waals surface area contributed by atoms with E-state index in [4.69, 9.17) is 0 Å². The Hall–Kier alpha value is -0.780. The van der Waals surface area contributed by atoms with Crippen molar-refractivity contribution < 1.29 is 5.11 Å². The molecule has 2 heterocycles. The number of aliphatic hydroxyl groups is 1. The lowest BCUT2D eigenvalue weighted by atomic mass is 10.1. The lowest BCUT2D eigenvalue weighted by Gasteiger charge is -2.07. The highest BCUT2D eigenvalue weighted by atomic mass is 79.9. The summed E-state index contributed by atoms with van der Waals surface area (Å²) in [7, 11) is 0.